The largest absolute Gasteiger partial charge is 0.300 e. The van der Waals surface area contributed by atoms with E-state index in [4.69, 9.17) is 0 Å². The van der Waals surface area contributed by atoms with Gasteiger partial charge in [0, 0.05) is 17.1 Å². The van der Waals surface area contributed by atoms with E-state index in [0.717, 1.165) is 6.54 Å². The molecule has 0 bridgehead atoms. The Bertz CT molecular complexity index is 271. The van der Waals surface area contributed by atoms with Gasteiger partial charge in [-0.3, -0.25) is 4.90 Å². The van der Waals surface area contributed by atoms with Crippen LogP contribution in [-0.4, -0.2) is 18.0 Å². The van der Waals surface area contributed by atoms with Crippen LogP contribution in [0.3, 0.4) is 0 Å². The molecule has 0 heterocycles. The molecule has 0 fully saturated rings. The van der Waals surface area contributed by atoms with E-state index in [1.54, 1.807) is 0 Å². The Balaban J connectivity index is 2.69. The highest BCUT2D eigenvalue weighted by atomic mass is 79.9. The maximum Gasteiger partial charge on any atom is 0.0244 e. The second-order valence-corrected chi connectivity index (χ2v) is 4.45. The Morgan fingerprint density at radius 2 is 1.92 bits per heavy atom. The molecule has 0 saturated heterocycles. The molecule has 0 saturated carbocycles. The molecule has 72 valence electrons. The minimum atomic E-state index is 0.590. The van der Waals surface area contributed by atoms with Gasteiger partial charge in [-0.15, -0.1) is 0 Å². The van der Waals surface area contributed by atoms with Crippen LogP contribution in [0.4, 0.5) is 0 Å². The van der Waals surface area contributed by atoms with E-state index in [9.17, 15) is 0 Å². The molecule has 2 heteroatoms. The van der Waals surface area contributed by atoms with Crippen molar-refractivity contribution < 1.29 is 0 Å². The SMILES string of the molecule is CC(C)N(C)Cc1ccccc1Br. The fourth-order valence-corrected chi connectivity index (χ4v) is 1.49. The second-order valence-electron chi connectivity index (χ2n) is 3.60. The van der Waals surface area contributed by atoms with Gasteiger partial charge in [0.15, 0.2) is 0 Å². The molecule has 0 spiro atoms. The zero-order valence-electron chi connectivity index (χ0n) is 8.42. The second kappa shape index (κ2) is 4.77. The van der Waals surface area contributed by atoms with Gasteiger partial charge in [-0.25, -0.2) is 0 Å². The van der Waals surface area contributed by atoms with Crippen molar-refractivity contribution in [3.05, 3.63) is 34.3 Å². The number of rotatable bonds is 3. The van der Waals surface area contributed by atoms with Crippen LogP contribution in [0, 0.1) is 0 Å². The van der Waals surface area contributed by atoms with Crippen LogP contribution in [0.2, 0.25) is 0 Å². The average Bonchev–Trinajstić information content (AvgIpc) is 2.08. The lowest BCUT2D eigenvalue weighted by Crippen LogP contribution is -2.25. The number of hydrogen-bond acceptors (Lipinski definition) is 1. The molecule has 13 heavy (non-hydrogen) atoms. The third-order valence-electron chi connectivity index (χ3n) is 2.26. The molecule has 0 atom stereocenters. The summed E-state index contributed by atoms with van der Waals surface area (Å²) in [5.74, 6) is 0. The van der Waals surface area contributed by atoms with Gasteiger partial charge in [0.2, 0.25) is 0 Å². The molecule has 0 N–H and O–H groups in total. The van der Waals surface area contributed by atoms with Crippen LogP contribution in [0.25, 0.3) is 0 Å². The molecule has 0 amide bonds. The first-order valence-corrected chi connectivity index (χ1v) is 5.34. The van der Waals surface area contributed by atoms with Crippen LogP contribution in [0.1, 0.15) is 19.4 Å². The van der Waals surface area contributed by atoms with Gasteiger partial charge in [0.25, 0.3) is 0 Å². The zero-order valence-corrected chi connectivity index (χ0v) is 10.0. The molecule has 0 aromatic heterocycles. The Morgan fingerprint density at radius 3 is 2.46 bits per heavy atom. The lowest BCUT2D eigenvalue weighted by molar-refractivity contribution is 0.265. The highest BCUT2D eigenvalue weighted by Gasteiger charge is 2.05. The summed E-state index contributed by atoms with van der Waals surface area (Å²) in [4.78, 5) is 2.32. The van der Waals surface area contributed by atoms with E-state index in [2.05, 4.69) is 59.9 Å². The van der Waals surface area contributed by atoms with Gasteiger partial charge in [-0.05, 0) is 32.5 Å². The average molecular weight is 242 g/mol. The Morgan fingerprint density at radius 1 is 1.31 bits per heavy atom. The Hall–Kier alpha value is -0.340. The maximum absolute atomic E-state index is 3.55. The van der Waals surface area contributed by atoms with Gasteiger partial charge in [0.1, 0.15) is 0 Å². The van der Waals surface area contributed by atoms with Crippen LogP contribution in [0.15, 0.2) is 28.7 Å². The smallest absolute Gasteiger partial charge is 0.0244 e. The summed E-state index contributed by atoms with van der Waals surface area (Å²) in [6, 6.07) is 8.95. The minimum Gasteiger partial charge on any atom is -0.300 e. The summed E-state index contributed by atoms with van der Waals surface area (Å²) in [7, 11) is 2.14. The van der Waals surface area contributed by atoms with Gasteiger partial charge < -0.3 is 0 Å². The predicted octanol–water partition coefficient (Wildman–Crippen LogP) is 3.29. The zero-order chi connectivity index (χ0) is 9.84. The Labute approximate surface area is 88.9 Å². The molecular weight excluding hydrogens is 226 g/mol. The Kier molecular flexibility index (Phi) is 3.94. The third kappa shape index (κ3) is 3.12. The van der Waals surface area contributed by atoms with Crippen molar-refractivity contribution >= 4 is 15.9 Å². The van der Waals surface area contributed by atoms with E-state index in [-0.39, 0.29) is 0 Å². The highest BCUT2D eigenvalue weighted by molar-refractivity contribution is 9.10. The van der Waals surface area contributed by atoms with E-state index in [0.29, 0.717) is 6.04 Å². The topological polar surface area (TPSA) is 3.24 Å². The predicted molar refractivity (Wildman–Crippen MR) is 60.7 cm³/mol. The summed E-state index contributed by atoms with van der Waals surface area (Å²) in [5.41, 5.74) is 1.35. The van der Waals surface area contributed by atoms with Crippen molar-refractivity contribution in [2.24, 2.45) is 0 Å². The fourth-order valence-electron chi connectivity index (χ4n) is 1.08. The lowest BCUT2D eigenvalue weighted by Gasteiger charge is -2.21. The summed E-state index contributed by atoms with van der Waals surface area (Å²) < 4.78 is 1.20. The molecular formula is C11H16BrN. The lowest BCUT2D eigenvalue weighted by atomic mass is 10.2. The summed E-state index contributed by atoms with van der Waals surface area (Å²) in [6.45, 7) is 5.41. The van der Waals surface area contributed by atoms with Crippen LogP contribution in [-0.2, 0) is 6.54 Å². The highest BCUT2D eigenvalue weighted by Crippen LogP contribution is 2.17. The van der Waals surface area contributed by atoms with E-state index in [1.165, 1.54) is 10.0 Å². The van der Waals surface area contributed by atoms with Crippen molar-refractivity contribution in [1.29, 1.82) is 0 Å². The molecule has 0 aliphatic carbocycles. The first-order chi connectivity index (χ1) is 6.11. The standard InChI is InChI=1S/C11H16BrN/c1-9(2)13(3)8-10-6-4-5-7-11(10)12/h4-7,9H,8H2,1-3H3. The number of halogens is 1. The molecule has 0 radical (unpaired) electrons. The van der Waals surface area contributed by atoms with Gasteiger partial charge >= 0.3 is 0 Å². The number of hydrogen-bond donors (Lipinski definition) is 0. The molecule has 1 rings (SSSR count). The number of benzene rings is 1. The first kappa shape index (κ1) is 10.7. The van der Waals surface area contributed by atoms with Crippen LogP contribution >= 0.6 is 15.9 Å². The van der Waals surface area contributed by atoms with Crippen molar-refractivity contribution in [2.75, 3.05) is 7.05 Å². The van der Waals surface area contributed by atoms with Crippen molar-refractivity contribution in [3.63, 3.8) is 0 Å². The normalized spacial score (nSPS) is 11.2. The van der Waals surface area contributed by atoms with Crippen molar-refractivity contribution in [3.8, 4) is 0 Å². The first-order valence-electron chi connectivity index (χ1n) is 4.55. The van der Waals surface area contributed by atoms with E-state index in [1.807, 2.05) is 6.07 Å². The number of nitrogens with zero attached hydrogens (tertiary/aromatic N) is 1. The van der Waals surface area contributed by atoms with E-state index >= 15 is 0 Å². The summed E-state index contributed by atoms with van der Waals surface area (Å²) >= 11 is 3.55. The molecule has 1 aromatic carbocycles. The van der Waals surface area contributed by atoms with Gasteiger partial charge in [-0.2, -0.15) is 0 Å². The van der Waals surface area contributed by atoms with Crippen LogP contribution in [0.5, 0.6) is 0 Å². The molecule has 1 aromatic rings. The maximum atomic E-state index is 3.55. The molecule has 0 aliphatic rings. The van der Waals surface area contributed by atoms with Crippen molar-refractivity contribution in [1.82, 2.24) is 4.90 Å². The summed E-state index contributed by atoms with van der Waals surface area (Å²) in [6.07, 6.45) is 0. The monoisotopic (exact) mass is 241 g/mol. The minimum absolute atomic E-state index is 0.590. The molecule has 0 unspecified atom stereocenters. The van der Waals surface area contributed by atoms with Gasteiger partial charge in [0.05, 0.1) is 0 Å². The van der Waals surface area contributed by atoms with Gasteiger partial charge in [-0.1, -0.05) is 34.1 Å². The summed E-state index contributed by atoms with van der Waals surface area (Å²) in [5, 5.41) is 0. The van der Waals surface area contributed by atoms with E-state index < -0.39 is 0 Å². The fraction of sp³-hybridized carbons (Fsp3) is 0.455. The quantitative estimate of drug-likeness (QED) is 0.786. The van der Waals surface area contributed by atoms with Crippen molar-refractivity contribution in [2.45, 2.75) is 26.4 Å². The molecule has 1 nitrogen and oxygen atoms in total. The third-order valence-corrected chi connectivity index (χ3v) is 3.03. The molecule has 0 aliphatic heterocycles. The van der Waals surface area contributed by atoms with Crippen LogP contribution < -0.4 is 0 Å².